The number of nitrogens with two attached hydrogens (primary N) is 1. The van der Waals surface area contributed by atoms with E-state index in [4.69, 9.17) is 11.3 Å². The summed E-state index contributed by atoms with van der Waals surface area (Å²) in [5.41, 5.74) is 14.6. The minimum Gasteiger partial charge on any atom is -0.366 e. The number of primary amides is 1. The van der Waals surface area contributed by atoms with Crippen LogP contribution in [0.3, 0.4) is 0 Å². The van der Waals surface area contributed by atoms with Gasteiger partial charge in [0.25, 0.3) is 0 Å². The Hall–Kier alpha value is -1.52. The molecule has 0 aliphatic heterocycles. The molecule has 2 N–H and O–H groups in total. The van der Waals surface area contributed by atoms with Gasteiger partial charge in [0.1, 0.15) is 0 Å². The van der Waals surface area contributed by atoms with Gasteiger partial charge in [0.15, 0.2) is 0 Å². The summed E-state index contributed by atoms with van der Waals surface area (Å²) in [6.45, 7) is 0.313. The van der Waals surface area contributed by atoms with Crippen LogP contribution in [0.15, 0.2) is 27.8 Å². The van der Waals surface area contributed by atoms with Gasteiger partial charge in [-0.15, -0.1) is 0 Å². The molecular formula is C9H9BrN4O. The van der Waals surface area contributed by atoms with Crippen LogP contribution >= 0.6 is 15.9 Å². The van der Waals surface area contributed by atoms with E-state index in [1.807, 2.05) is 6.07 Å². The van der Waals surface area contributed by atoms with Gasteiger partial charge in [-0.05, 0) is 39.5 Å². The fourth-order valence-electron chi connectivity index (χ4n) is 1.27. The molecule has 1 aromatic carbocycles. The van der Waals surface area contributed by atoms with Gasteiger partial charge in [-0.2, -0.15) is 0 Å². The molecule has 0 aliphatic carbocycles. The van der Waals surface area contributed by atoms with Crippen LogP contribution in [-0.2, 0) is 6.42 Å². The van der Waals surface area contributed by atoms with Crippen molar-refractivity contribution < 1.29 is 4.79 Å². The number of carbonyl (C=O) groups excluding carboxylic acids is 1. The molecule has 0 aromatic heterocycles. The minimum absolute atomic E-state index is 0.313. The van der Waals surface area contributed by atoms with Crippen molar-refractivity contribution in [2.45, 2.75) is 6.42 Å². The Balaban J connectivity index is 3.00. The molecule has 6 heteroatoms. The molecule has 0 saturated heterocycles. The Morgan fingerprint density at radius 1 is 1.60 bits per heavy atom. The summed E-state index contributed by atoms with van der Waals surface area (Å²) in [5, 5.41) is 3.41. The van der Waals surface area contributed by atoms with Gasteiger partial charge >= 0.3 is 0 Å². The third kappa shape index (κ3) is 2.97. The van der Waals surface area contributed by atoms with E-state index < -0.39 is 5.91 Å². The van der Waals surface area contributed by atoms with Crippen molar-refractivity contribution in [2.24, 2.45) is 10.8 Å². The summed E-state index contributed by atoms with van der Waals surface area (Å²) in [7, 11) is 0. The maximum Gasteiger partial charge on any atom is 0.250 e. The van der Waals surface area contributed by atoms with Gasteiger partial charge in [0.05, 0.1) is 5.56 Å². The molecule has 0 radical (unpaired) electrons. The quantitative estimate of drug-likeness (QED) is 0.507. The SMILES string of the molecule is [N-]=[N+]=NCCc1cccc(Br)c1C(N)=O. The Labute approximate surface area is 95.0 Å². The number of halogens is 1. The molecule has 1 aromatic rings. The van der Waals surface area contributed by atoms with Crippen LogP contribution in [-0.4, -0.2) is 12.5 Å². The Kier molecular flexibility index (Phi) is 4.15. The first-order valence-corrected chi connectivity index (χ1v) is 5.04. The molecular weight excluding hydrogens is 260 g/mol. The standard InChI is InChI=1S/C9H9BrN4O/c10-7-3-1-2-6(4-5-13-14-12)8(7)9(11)15/h1-3H,4-5H2,(H2,11,15). The number of amides is 1. The van der Waals surface area contributed by atoms with Crippen molar-refractivity contribution in [3.05, 3.63) is 44.2 Å². The molecule has 0 saturated carbocycles. The lowest BCUT2D eigenvalue weighted by Crippen LogP contribution is -2.15. The molecule has 0 aliphatic rings. The lowest BCUT2D eigenvalue weighted by Gasteiger charge is -2.06. The Morgan fingerprint density at radius 2 is 2.33 bits per heavy atom. The van der Waals surface area contributed by atoms with E-state index in [-0.39, 0.29) is 0 Å². The van der Waals surface area contributed by atoms with Crippen molar-refractivity contribution in [2.75, 3.05) is 6.54 Å². The maximum atomic E-state index is 11.2. The zero-order valence-corrected chi connectivity index (χ0v) is 9.44. The highest BCUT2D eigenvalue weighted by atomic mass is 79.9. The lowest BCUT2D eigenvalue weighted by molar-refractivity contribution is 0.0998. The van der Waals surface area contributed by atoms with Crippen LogP contribution in [0.2, 0.25) is 0 Å². The molecule has 15 heavy (non-hydrogen) atoms. The number of rotatable bonds is 4. The van der Waals surface area contributed by atoms with E-state index >= 15 is 0 Å². The van der Waals surface area contributed by atoms with Crippen molar-refractivity contribution in [3.8, 4) is 0 Å². The van der Waals surface area contributed by atoms with Crippen LogP contribution in [0.25, 0.3) is 10.4 Å². The second-order valence-corrected chi connectivity index (χ2v) is 3.70. The fraction of sp³-hybridized carbons (Fsp3) is 0.222. The normalized spacial score (nSPS) is 9.40. The van der Waals surface area contributed by atoms with Crippen LogP contribution in [0.4, 0.5) is 0 Å². The third-order valence-corrected chi connectivity index (χ3v) is 2.55. The molecule has 1 amide bonds. The fourth-order valence-corrected chi connectivity index (χ4v) is 1.87. The van der Waals surface area contributed by atoms with E-state index in [9.17, 15) is 4.79 Å². The van der Waals surface area contributed by atoms with Crippen LogP contribution < -0.4 is 5.73 Å². The molecule has 5 nitrogen and oxygen atoms in total. The summed E-state index contributed by atoms with van der Waals surface area (Å²) < 4.78 is 0.661. The average Bonchev–Trinajstić information content (AvgIpc) is 2.17. The topological polar surface area (TPSA) is 91.8 Å². The van der Waals surface area contributed by atoms with Crippen molar-refractivity contribution in [3.63, 3.8) is 0 Å². The van der Waals surface area contributed by atoms with E-state index in [2.05, 4.69) is 26.0 Å². The molecule has 0 fully saturated rings. The van der Waals surface area contributed by atoms with Crippen LogP contribution in [0, 0.1) is 0 Å². The zero-order valence-electron chi connectivity index (χ0n) is 7.85. The van der Waals surface area contributed by atoms with E-state index in [0.29, 0.717) is 23.0 Å². The summed E-state index contributed by atoms with van der Waals surface area (Å²) in [4.78, 5) is 13.8. The third-order valence-electron chi connectivity index (χ3n) is 1.89. The smallest absolute Gasteiger partial charge is 0.250 e. The summed E-state index contributed by atoms with van der Waals surface area (Å²) >= 11 is 3.25. The molecule has 0 bridgehead atoms. The molecule has 0 atom stereocenters. The van der Waals surface area contributed by atoms with Crippen molar-refractivity contribution >= 4 is 21.8 Å². The molecule has 78 valence electrons. The summed E-state index contributed by atoms with van der Waals surface area (Å²) in [6.07, 6.45) is 0.502. The maximum absolute atomic E-state index is 11.2. The molecule has 0 spiro atoms. The number of nitrogens with zero attached hydrogens (tertiary/aromatic N) is 3. The van der Waals surface area contributed by atoms with Gasteiger partial charge < -0.3 is 5.73 Å². The lowest BCUT2D eigenvalue weighted by atomic mass is 10.0. The van der Waals surface area contributed by atoms with Gasteiger partial charge in [-0.1, -0.05) is 17.2 Å². The number of hydrogen-bond donors (Lipinski definition) is 1. The molecule has 1 rings (SSSR count). The number of hydrogen-bond acceptors (Lipinski definition) is 2. The second kappa shape index (κ2) is 5.38. The van der Waals surface area contributed by atoms with Crippen molar-refractivity contribution in [1.82, 2.24) is 0 Å². The predicted molar refractivity (Wildman–Crippen MR) is 60.4 cm³/mol. The number of carbonyl (C=O) groups is 1. The first kappa shape index (κ1) is 11.6. The van der Waals surface area contributed by atoms with E-state index in [1.165, 1.54) is 0 Å². The van der Waals surface area contributed by atoms with Gasteiger partial charge in [-0.25, -0.2) is 0 Å². The number of benzene rings is 1. The zero-order chi connectivity index (χ0) is 11.3. The second-order valence-electron chi connectivity index (χ2n) is 2.84. The summed E-state index contributed by atoms with van der Waals surface area (Å²) in [6, 6.07) is 5.34. The highest BCUT2D eigenvalue weighted by Crippen LogP contribution is 2.20. The Morgan fingerprint density at radius 3 is 2.93 bits per heavy atom. The summed E-state index contributed by atoms with van der Waals surface area (Å²) in [5.74, 6) is -0.488. The largest absolute Gasteiger partial charge is 0.366 e. The first-order chi connectivity index (χ1) is 7.16. The van der Waals surface area contributed by atoms with Crippen LogP contribution in [0.1, 0.15) is 15.9 Å². The molecule has 0 unspecified atom stereocenters. The Bertz CT molecular complexity index is 426. The highest BCUT2D eigenvalue weighted by molar-refractivity contribution is 9.10. The van der Waals surface area contributed by atoms with E-state index in [1.54, 1.807) is 12.1 Å². The van der Waals surface area contributed by atoms with E-state index in [0.717, 1.165) is 5.56 Å². The number of azide groups is 1. The van der Waals surface area contributed by atoms with Gasteiger partial charge in [-0.3, -0.25) is 4.79 Å². The van der Waals surface area contributed by atoms with Gasteiger partial charge in [0, 0.05) is 15.9 Å². The average molecular weight is 269 g/mol. The first-order valence-electron chi connectivity index (χ1n) is 4.25. The minimum atomic E-state index is -0.488. The highest BCUT2D eigenvalue weighted by Gasteiger charge is 2.10. The molecule has 0 heterocycles. The van der Waals surface area contributed by atoms with Gasteiger partial charge in [0.2, 0.25) is 5.91 Å². The monoisotopic (exact) mass is 268 g/mol. The van der Waals surface area contributed by atoms with Crippen molar-refractivity contribution in [1.29, 1.82) is 0 Å². The van der Waals surface area contributed by atoms with Crippen LogP contribution in [0.5, 0.6) is 0 Å². The predicted octanol–water partition coefficient (Wildman–Crippen LogP) is 2.40.